The predicted molar refractivity (Wildman–Crippen MR) is 116 cm³/mol. The fraction of sp³-hybridized carbons (Fsp3) is 0.292. The molecule has 0 radical (unpaired) electrons. The Kier molecular flexibility index (Phi) is 5.65. The maximum atomic E-state index is 13.3. The second-order valence-electron chi connectivity index (χ2n) is 7.80. The summed E-state index contributed by atoms with van der Waals surface area (Å²) in [6, 6.07) is 16.8. The number of oxazole rings is 1. The van der Waals surface area contributed by atoms with Gasteiger partial charge < -0.3 is 14.6 Å². The van der Waals surface area contributed by atoms with Crippen molar-refractivity contribution in [2.24, 2.45) is 5.92 Å². The number of nitrogens with zero attached hydrogens (tertiary/aromatic N) is 2. The van der Waals surface area contributed by atoms with Gasteiger partial charge in [-0.25, -0.2) is 4.98 Å². The minimum atomic E-state index is -0.135. The zero-order valence-electron chi connectivity index (χ0n) is 17.2. The summed E-state index contributed by atoms with van der Waals surface area (Å²) >= 11 is 0. The average Bonchev–Trinajstić information content (AvgIpc) is 3.20. The highest BCUT2D eigenvalue weighted by molar-refractivity contribution is 5.98. The van der Waals surface area contributed by atoms with Gasteiger partial charge in [0.25, 0.3) is 5.91 Å². The van der Waals surface area contributed by atoms with Gasteiger partial charge in [0.15, 0.2) is 11.5 Å². The molecule has 1 aromatic heterocycles. The topological polar surface area (TPSA) is 75.4 Å². The lowest BCUT2D eigenvalue weighted by Crippen LogP contribution is -2.38. The third-order valence-electron chi connectivity index (χ3n) is 5.39. The summed E-state index contributed by atoms with van der Waals surface area (Å²) < 4.78 is 6.09. The molecule has 0 bridgehead atoms. The van der Waals surface area contributed by atoms with Gasteiger partial charge in [-0.15, -0.1) is 0 Å². The molecule has 6 nitrogen and oxygen atoms in total. The quantitative estimate of drug-likeness (QED) is 0.676. The fourth-order valence-corrected chi connectivity index (χ4v) is 3.63. The molecule has 6 heteroatoms. The highest BCUT2D eigenvalue weighted by atomic mass is 16.4. The van der Waals surface area contributed by atoms with Crippen LogP contribution >= 0.6 is 0 Å². The van der Waals surface area contributed by atoms with E-state index in [1.807, 2.05) is 47.4 Å². The summed E-state index contributed by atoms with van der Waals surface area (Å²) in [6.07, 6.45) is 1.99. The van der Waals surface area contributed by atoms with Gasteiger partial charge in [-0.2, -0.15) is 0 Å². The molecule has 1 aliphatic rings. The van der Waals surface area contributed by atoms with Crippen LogP contribution in [0.15, 0.2) is 59.0 Å². The van der Waals surface area contributed by atoms with Gasteiger partial charge >= 0.3 is 0 Å². The first kappa shape index (κ1) is 19.9. The van der Waals surface area contributed by atoms with E-state index in [1.54, 1.807) is 12.1 Å². The Morgan fingerprint density at radius 3 is 2.30 bits per heavy atom. The molecule has 1 fully saturated rings. The Bertz CT molecular complexity index is 1030. The molecule has 0 atom stereocenters. The maximum Gasteiger partial charge on any atom is 0.276 e. The van der Waals surface area contributed by atoms with Crippen molar-refractivity contribution in [3.8, 4) is 22.8 Å². The van der Waals surface area contributed by atoms with Crippen LogP contribution in [-0.4, -0.2) is 34.8 Å². The number of benzene rings is 2. The van der Waals surface area contributed by atoms with Crippen molar-refractivity contribution < 1.29 is 14.0 Å². The van der Waals surface area contributed by atoms with E-state index < -0.39 is 0 Å². The first-order valence-corrected chi connectivity index (χ1v) is 10.2. The average molecular weight is 403 g/mol. The van der Waals surface area contributed by atoms with Gasteiger partial charge in [0.05, 0.1) is 0 Å². The van der Waals surface area contributed by atoms with Crippen LogP contribution in [0.2, 0.25) is 0 Å². The first-order chi connectivity index (χ1) is 14.5. The maximum absolute atomic E-state index is 13.3. The van der Waals surface area contributed by atoms with Crippen LogP contribution in [0.3, 0.4) is 0 Å². The Morgan fingerprint density at radius 2 is 1.67 bits per heavy atom. The number of likely N-dealkylation sites (tertiary alicyclic amines) is 1. The SMILES string of the molecule is CC(=O)Nc1ccc(-c2oc(-c3ccccc3)nc2C(=O)N2CCC(C)CC2)cc1. The van der Waals surface area contributed by atoms with Crippen LogP contribution in [0.25, 0.3) is 22.8 Å². The smallest absolute Gasteiger partial charge is 0.276 e. The zero-order valence-corrected chi connectivity index (χ0v) is 17.2. The van der Waals surface area contributed by atoms with Crippen LogP contribution < -0.4 is 5.32 Å². The molecule has 0 saturated carbocycles. The highest BCUT2D eigenvalue weighted by Gasteiger charge is 2.28. The second kappa shape index (κ2) is 8.53. The van der Waals surface area contributed by atoms with Crippen molar-refractivity contribution in [3.63, 3.8) is 0 Å². The predicted octanol–water partition coefficient (Wildman–Crippen LogP) is 4.84. The van der Waals surface area contributed by atoms with Crippen molar-refractivity contribution in [1.82, 2.24) is 9.88 Å². The van der Waals surface area contributed by atoms with Crippen LogP contribution in [0.5, 0.6) is 0 Å². The minimum absolute atomic E-state index is 0.103. The van der Waals surface area contributed by atoms with Crippen molar-refractivity contribution in [1.29, 1.82) is 0 Å². The number of hydrogen-bond acceptors (Lipinski definition) is 4. The van der Waals surface area contributed by atoms with Crippen molar-refractivity contribution in [2.45, 2.75) is 26.7 Å². The molecule has 1 saturated heterocycles. The molecule has 1 aliphatic heterocycles. The molecule has 2 amide bonds. The molecule has 1 N–H and O–H groups in total. The number of anilines is 1. The van der Waals surface area contributed by atoms with E-state index >= 15 is 0 Å². The zero-order chi connectivity index (χ0) is 21.1. The highest BCUT2D eigenvalue weighted by Crippen LogP contribution is 2.32. The fourth-order valence-electron chi connectivity index (χ4n) is 3.63. The van der Waals surface area contributed by atoms with Gasteiger partial charge in [0, 0.05) is 36.8 Å². The Labute approximate surface area is 175 Å². The number of carbonyl (C=O) groups is 2. The van der Waals surface area contributed by atoms with E-state index in [0.717, 1.165) is 37.1 Å². The molecule has 2 aromatic carbocycles. The van der Waals surface area contributed by atoms with Gasteiger partial charge in [0.2, 0.25) is 11.8 Å². The normalized spacial score (nSPS) is 14.5. The lowest BCUT2D eigenvalue weighted by atomic mass is 9.99. The largest absolute Gasteiger partial charge is 0.435 e. The van der Waals surface area contributed by atoms with E-state index in [0.29, 0.717) is 29.0 Å². The molecule has 0 unspecified atom stereocenters. The number of piperidine rings is 1. The molecule has 3 aromatic rings. The summed E-state index contributed by atoms with van der Waals surface area (Å²) in [5.41, 5.74) is 2.58. The van der Waals surface area contributed by atoms with Gasteiger partial charge in [0.1, 0.15) is 0 Å². The van der Waals surface area contributed by atoms with E-state index in [2.05, 4.69) is 17.2 Å². The number of aromatic nitrogens is 1. The number of carbonyl (C=O) groups excluding carboxylic acids is 2. The summed E-state index contributed by atoms with van der Waals surface area (Å²) in [4.78, 5) is 31.0. The Morgan fingerprint density at radius 1 is 1.00 bits per heavy atom. The summed E-state index contributed by atoms with van der Waals surface area (Å²) in [5, 5.41) is 2.75. The van der Waals surface area contributed by atoms with Crippen LogP contribution in [0.1, 0.15) is 37.2 Å². The lowest BCUT2D eigenvalue weighted by Gasteiger charge is -2.29. The van der Waals surface area contributed by atoms with Crippen molar-refractivity contribution in [2.75, 3.05) is 18.4 Å². The molecule has 4 rings (SSSR count). The first-order valence-electron chi connectivity index (χ1n) is 10.2. The monoisotopic (exact) mass is 403 g/mol. The minimum Gasteiger partial charge on any atom is -0.435 e. The molecule has 0 aliphatic carbocycles. The number of nitrogens with one attached hydrogen (secondary N) is 1. The van der Waals surface area contributed by atoms with Crippen LogP contribution in [0, 0.1) is 5.92 Å². The summed E-state index contributed by atoms with van der Waals surface area (Å²) in [6.45, 7) is 5.14. The van der Waals surface area contributed by atoms with Crippen molar-refractivity contribution >= 4 is 17.5 Å². The van der Waals surface area contributed by atoms with E-state index in [9.17, 15) is 9.59 Å². The lowest BCUT2D eigenvalue weighted by molar-refractivity contribution is -0.114. The van der Waals surface area contributed by atoms with Gasteiger partial charge in [-0.3, -0.25) is 9.59 Å². The Hall–Kier alpha value is -3.41. The third-order valence-corrected chi connectivity index (χ3v) is 5.39. The van der Waals surface area contributed by atoms with Crippen molar-refractivity contribution in [3.05, 3.63) is 60.3 Å². The molecule has 2 heterocycles. The Balaban J connectivity index is 1.71. The molecule has 154 valence electrons. The van der Waals surface area contributed by atoms with Crippen LogP contribution in [0.4, 0.5) is 5.69 Å². The van der Waals surface area contributed by atoms with Gasteiger partial charge in [-0.1, -0.05) is 25.1 Å². The molecule has 0 spiro atoms. The number of amides is 2. The van der Waals surface area contributed by atoms with E-state index in [1.165, 1.54) is 6.92 Å². The second-order valence-corrected chi connectivity index (χ2v) is 7.80. The van der Waals surface area contributed by atoms with Gasteiger partial charge in [-0.05, 0) is 55.2 Å². The molecule has 30 heavy (non-hydrogen) atoms. The molecular weight excluding hydrogens is 378 g/mol. The third kappa shape index (κ3) is 4.27. The summed E-state index contributed by atoms with van der Waals surface area (Å²) in [5.74, 6) is 1.27. The number of hydrogen-bond donors (Lipinski definition) is 1. The standard InChI is InChI=1S/C24H25N3O3/c1-16-12-14-27(15-13-16)24(29)21-22(18-8-10-20(11-9-18)25-17(2)28)30-23(26-21)19-6-4-3-5-7-19/h3-11,16H,12-15H2,1-2H3,(H,25,28). The van der Waals surface area contributed by atoms with E-state index in [4.69, 9.17) is 4.42 Å². The summed E-state index contributed by atoms with van der Waals surface area (Å²) in [7, 11) is 0. The van der Waals surface area contributed by atoms with Crippen LogP contribution in [-0.2, 0) is 4.79 Å². The molecular formula is C24H25N3O3. The van der Waals surface area contributed by atoms with E-state index in [-0.39, 0.29) is 11.8 Å². The number of rotatable bonds is 4.